The second-order valence-electron chi connectivity index (χ2n) is 4.75. The standard InChI is InChI=1S/C12H21N3O4/c1-8(16)14-10(12(18)19-2)7-15-5-3-9(4-6-15)11(13)17/h9-10H,3-7H2,1-2H3,(H2,13,17)(H,14,16). The number of hydrogen-bond donors (Lipinski definition) is 2. The van der Waals surface area contributed by atoms with Crippen LogP contribution in [0.5, 0.6) is 0 Å². The van der Waals surface area contributed by atoms with Crippen molar-refractivity contribution in [3.8, 4) is 0 Å². The molecule has 0 saturated carbocycles. The third-order valence-corrected chi connectivity index (χ3v) is 3.29. The highest BCUT2D eigenvalue weighted by Crippen LogP contribution is 2.16. The minimum absolute atomic E-state index is 0.0893. The quantitative estimate of drug-likeness (QED) is 0.616. The molecule has 0 bridgehead atoms. The number of esters is 1. The maximum absolute atomic E-state index is 11.6. The largest absolute Gasteiger partial charge is 0.467 e. The number of ether oxygens (including phenoxy) is 1. The number of amides is 2. The average Bonchev–Trinajstić information content (AvgIpc) is 2.37. The molecule has 0 aromatic heterocycles. The van der Waals surface area contributed by atoms with E-state index < -0.39 is 12.0 Å². The van der Waals surface area contributed by atoms with E-state index >= 15 is 0 Å². The summed E-state index contributed by atoms with van der Waals surface area (Å²) in [6, 6.07) is -0.673. The number of hydrogen-bond acceptors (Lipinski definition) is 5. The van der Waals surface area contributed by atoms with Crippen LogP contribution in [0.4, 0.5) is 0 Å². The lowest BCUT2D eigenvalue weighted by Crippen LogP contribution is -2.50. The van der Waals surface area contributed by atoms with Gasteiger partial charge < -0.3 is 20.7 Å². The molecular formula is C12H21N3O4. The molecule has 0 aromatic rings. The first-order valence-electron chi connectivity index (χ1n) is 6.30. The van der Waals surface area contributed by atoms with Crippen molar-refractivity contribution < 1.29 is 19.1 Å². The summed E-state index contributed by atoms with van der Waals surface area (Å²) in [5.41, 5.74) is 5.26. The summed E-state index contributed by atoms with van der Waals surface area (Å²) in [5, 5.41) is 2.57. The highest BCUT2D eigenvalue weighted by atomic mass is 16.5. The fourth-order valence-electron chi connectivity index (χ4n) is 2.22. The third kappa shape index (κ3) is 4.86. The van der Waals surface area contributed by atoms with Crippen LogP contribution in [0.3, 0.4) is 0 Å². The molecule has 1 aliphatic heterocycles. The minimum atomic E-state index is -0.673. The highest BCUT2D eigenvalue weighted by Gasteiger charge is 2.28. The lowest BCUT2D eigenvalue weighted by atomic mass is 9.96. The molecule has 0 aliphatic carbocycles. The lowest BCUT2D eigenvalue weighted by Gasteiger charge is -2.32. The Labute approximate surface area is 112 Å². The molecule has 1 aliphatic rings. The maximum Gasteiger partial charge on any atom is 0.329 e. The van der Waals surface area contributed by atoms with Crippen molar-refractivity contribution in [3.05, 3.63) is 0 Å². The summed E-state index contributed by atoms with van der Waals surface area (Å²) < 4.78 is 4.66. The minimum Gasteiger partial charge on any atom is -0.467 e. The zero-order valence-electron chi connectivity index (χ0n) is 11.3. The van der Waals surface area contributed by atoms with Crippen molar-refractivity contribution in [2.45, 2.75) is 25.8 Å². The molecule has 3 N–H and O–H groups in total. The number of likely N-dealkylation sites (tertiary alicyclic amines) is 1. The van der Waals surface area contributed by atoms with E-state index in [0.29, 0.717) is 32.5 Å². The Morgan fingerprint density at radius 3 is 2.37 bits per heavy atom. The Morgan fingerprint density at radius 2 is 1.95 bits per heavy atom. The number of rotatable bonds is 5. The van der Waals surface area contributed by atoms with Crippen LogP contribution < -0.4 is 11.1 Å². The van der Waals surface area contributed by atoms with E-state index in [9.17, 15) is 14.4 Å². The Kier molecular flexibility index (Phi) is 5.75. The summed E-state index contributed by atoms with van der Waals surface area (Å²) in [4.78, 5) is 35.7. The van der Waals surface area contributed by atoms with Crippen molar-refractivity contribution in [2.75, 3.05) is 26.7 Å². The highest BCUT2D eigenvalue weighted by molar-refractivity contribution is 5.83. The molecule has 1 rings (SSSR count). The van der Waals surface area contributed by atoms with Gasteiger partial charge in [0, 0.05) is 19.4 Å². The van der Waals surface area contributed by atoms with Crippen LogP contribution in [0.1, 0.15) is 19.8 Å². The number of piperidine rings is 1. The number of methoxy groups -OCH3 is 1. The van der Waals surface area contributed by atoms with Gasteiger partial charge in [-0.15, -0.1) is 0 Å². The summed E-state index contributed by atoms with van der Waals surface area (Å²) in [6.07, 6.45) is 1.37. The molecule has 0 spiro atoms. The van der Waals surface area contributed by atoms with Gasteiger partial charge in [-0.05, 0) is 25.9 Å². The van der Waals surface area contributed by atoms with Gasteiger partial charge in [-0.25, -0.2) is 4.79 Å². The van der Waals surface area contributed by atoms with Gasteiger partial charge in [0.25, 0.3) is 0 Å². The number of nitrogens with zero attached hydrogens (tertiary/aromatic N) is 1. The van der Waals surface area contributed by atoms with Crippen LogP contribution >= 0.6 is 0 Å². The summed E-state index contributed by atoms with van der Waals surface area (Å²) in [7, 11) is 1.29. The van der Waals surface area contributed by atoms with Gasteiger partial charge in [0.15, 0.2) is 0 Å². The van der Waals surface area contributed by atoms with E-state index in [-0.39, 0.29) is 17.7 Å². The van der Waals surface area contributed by atoms with Crippen molar-refractivity contribution in [1.82, 2.24) is 10.2 Å². The molecule has 1 heterocycles. The molecule has 7 nitrogen and oxygen atoms in total. The Hall–Kier alpha value is -1.63. The van der Waals surface area contributed by atoms with E-state index in [2.05, 4.69) is 10.1 Å². The zero-order valence-corrected chi connectivity index (χ0v) is 11.3. The molecule has 0 radical (unpaired) electrons. The second kappa shape index (κ2) is 7.08. The number of carbonyl (C=O) groups excluding carboxylic acids is 3. The van der Waals surface area contributed by atoms with E-state index in [1.165, 1.54) is 14.0 Å². The fourth-order valence-corrected chi connectivity index (χ4v) is 2.22. The Morgan fingerprint density at radius 1 is 1.37 bits per heavy atom. The van der Waals surface area contributed by atoms with Gasteiger partial charge >= 0.3 is 5.97 Å². The third-order valence-electron chi connectivity index (χ3n) is 3.29. The van der Waals surface area contributed by atoms with E-state index in [1.807, 2.05) is 4.90 Å². The predicted octanol–water partition coefficient (Wildman–Crippen LogP) is -1.14. The van der Waals surface area contributed by atoms with Crippen LogP contribution in [0.15, 0.2) is 0 Å². The van der Waals surface area contributed by atoms with Gasteiger partial charge in [0.2, 0.25) is 11.8 Å². The normalized spacial score (nSPS) is 18.6. The lowest BCUT2D eigenvalue weighted by molar-refractivity contribution is -0.145. The van der Waals surface area contributed by atoms with Crippen molar-refractivity contribution >= 4 is 17.8 Å². The summed E-state index contributed by atoms with van der Waals surface area (Å²) in [6.45, 7) is 3.11. The molecule has 1 unspecified atom stereocenters. The van der Waals surface area contributed by atoms with Crippen LogP contribution in [-0.4, -0.2) is 55.5 Å². The Balaban J connectivity index is 2.49. The Bertz CT molecular complexity index is 351. The monoisotopic (exact) mass is 271 g/mol. The molecular weight excluding hydrogens is 250 g/mol. The SMILES string of the molecule is COC(=O)C(CN1CCC(C(N)=O)CC1)NC(C)=O. The molecule has 1 atom stereocenters. The predicted molar refractivity (Wildman–Crippen MR) is 68.0 cm³/mol. The number of nitrogens with one attached hydrogen (secondary N) is 1. The van der Waals surface area contributed by atoms with Crippen molar-refractivity contribution in [1.29, 1.82) is 0 Å². The number of carbonyl (C=O) groups is 3. The smallest absolute Gasteiger partial charge is 0.329 e. The summed E-state index contributed by atoms with van der Waals surface area (Å²) >= 11 is 0. The van der Waals surface area contributed by atoms with Crippen LogP contribution in [0.2, 0.25) is 0 Å². The van der Waals surface area contributed by atoms with E-state index in [1.54, 1.807) is 0 Å². The fraction of sp³-hybridized carbons (Fsp3) is 0.750. The van der Waals surface area contributed by atoms with Gasteiger partial charge in [-0.3, -0.25) is 9.59 Å². The molecule has 2 amide bonds. The summed E-state index contributed by atoms with van der Waals surface area (Å²) in [5.74, 6) is -1.10. The van der Waals surface area contributed by atoms with Crippen LogP contribution in [0.25, 0.3) is 0 Å². The van der Waals surface area contributed by atoms with Crippen LogP contribution in [-0.2, 0) is 19.1 Å². The van der Waals surface area contributed by atoms with Crippen LogP contribution in [0, 0.1) is 5.92 Å². The first kappa shape index (κ1) is 15.4. The first-order valence-corrected chi connectivity index (χ1v) is 6.30. The second-order valence-corrected chi connectivity index (χ2v) is 4.75. The first-order chi connectivity index (χ1) is 8.93. The molecule has 0 aromatic carbocycles. The number of nitrogens with two attached hydrogens (primary N) is 1. The zero-order chi connectivity index (χ0) is 14.4. The van der Waals surface area contributed by atoms with E-state index in [4.69, 9.17) is 5.73 Å². The van der Waals surface area contributed by atoms with Gasteiger partial charge in [0.05, 0.1) is 7.11 Å². The van der Waals surface area contributed by atoms with Crippen molar-refractivity contribution in [3.63, 3.8) is 0 Å². The average molecular weight is 271 g/mol. The van der Waals surface area contributed by atoms with Gasteiger partial charge in [-0.2, -0.15) is 0 Å². The molecule has 7 heteroatoms. The molecule has 1 saturated heterocycles. The van der Waals surface area contributed by atoms with Gasteiger partial charge in [-0.1, -0.05) is 0 Å². The topological polar surface area (TPSA) is 102 Å². The van der Waals surface area contributed by atoms with Crippen molar-refractivity contribution in [2.24, 2.45) is 11.7 Å². The molecule has 1 fully saturated rings. The van der Waals surface area contributed by atoms with E-state index in [0.717, 1.165) is 0 Å². The maximum atomic E-state index is 11.6. The molecule has 108 valence electrons. The number of primary amides is 1. The molecule has 19 heavy (non-hydrogen) atoms. The van der Waals surface area contributed by atoms with Gasteiger partial charge in [0.1, 0.15) is 6.04 Å².